The summed E-state index contributed by atoms with van der Waals surface area (Å²) in [4.78, 5) is 39.3. The number of nitrogens with zero attached hydrogens (tertiary/aromatic N) is 4. The van der Waals surface area contributed by atoms with Crippen LogP contribution in [-0.2, 0) is 17.9 Å². The number of fused-ring (bicyclic) bond motifs is 1. The molecule has 11 heteroatoms. The molecule has 220 valence electrons. The quantitative estimate of drug-likeness (QED) is 0.254. The van der Waals surface area contributed by atoms with E-state index in [1.807, 2.05) is 59.5 Å². The Balaban J connectivity index is 1.39. The number of nitrogens with one attached hydrogen (secondary N) is 1. The van der Waals surface area contributed by atoms with E-state index in [0.29, 0.717) is 46.6 Å². The minimum absolute atomic E-state index is 0.0813. The summed E-state index contributed by atoms with van der Waals surface area (Å²) >= 11 is 1.27. The van der Waals surface area contributed by atoms with Crippen LogP contribution < -0.4 is 25.2 Å². The average molecular weight is 600 g/mol. The van der Waals surface area contributed by atoms with E-state index in [2.05, 4.69) is 5.32 Å². The second kappa shape index (κ2) is 12.2. The van der Waals surface area contributed by atoms with Crippen LogP contribution in [0.5, 0.6) is 11.5 Å². The molecule has 1 fully saturated rings. The van der Waals surface area contributed by atoms with Gasteiger partial charge in [0.05, 0.1) is 26.3 Å². The van der Waals surface area contributed by atoms with E-state index in [4.69, 9.17) is 19.4 Å². The number of methoxy groups -OCH3 is 2. The molecule has 9 nitrogen and oxygen atoms in total. The Kier molecular flexibility index (Phi) is 8.06. The van der Waals surface area contributed by atoms with Crippen molar-refractivity contribution in [2.24, 2.45) is 0 Å². The van der Waals surface area contributed by atoms with Crippen LogP contribution in [0.1, 0.15) is 24.0 Å². The zero-order valence-corrected chi connectivity index (χ0v) is 24.6. The molecule has 3 aromatic carbocycles. The Morgan fingerprint density at radius 2 is 1.81 bits per heavy atom. The molecule has 0 spiro atoms. The van der Waals surface area contributed by atoms with Gasteiger partial charge in [-0.3, -0.25) is 14.2 Å². The summed E-state index contributed by atoms with van der Waals surface area (Å²) in [5, 5.41) is 3.61. The Labute approximate surface area is 251 Å². The van der Waals surface area contributed by atoms with Gasteiger partial charge in [-0.25, -0.2) is 14.4 Å². The minimum atomic E-state index is -0.462. The molecule has 1 atom stereocenters. The monoisotopic (exact) mass is 599 g/mol. The van der Waals surface area contributed by atoms with Crippen LogP contribution >= 0.6 is 11.3 Å². The van der Waals surface area contributed by atoms with E-state index >= 15 is 0 Å². The molecule has 1 amide bonds. The SMILES string of the molecule is COc1ccc(Cn2c(-c3ccc(F)cc3OC)nc3sc(N4CCC[C@@H]4C(=O)NCc4ccccc4)nc3c2=O)cc1. The Hall–Kier alpha value is -4.77. The summed E-state index contributed by atoms with van der Waals surface area (Å²) in [7, 11) is 3.04. The van der Waals surface area contributed by atoms with Crippen molar-refractivity contribution in [3.05, 3.63) is 100 Å². The topological polar surface area (TPSA) is 98.6 Å². The molecule has 1 saturated heterocycles. The fourth-order valence-electron chi connectivity index (χ4n) is 5.31. The van der Waals surface area contributed by atoms with Crippen molar-refractivity contribution in [3.63, 3.8) is 0 Å². The smallest absolute Gasteiger partial charge is 0.281 e. The van der Waals surface area contributed by atoms with Crippen LogP contribution in [0.4, 0.5) is 9.52 Å². The first-order valence-corrected chi connectivity index (χ1v) is 14.7. The van der Waals surface area contributed by atoms with Gasteiger partial charge in [-0.15, -0.1) is 0 Å². The van der Waals surface area contributed by atoms with Gasteiger partial charge in [0.2, 0.25) is 5.91 Å². The van der Waals surface area contributed by atoms with Crippen LogP contribution in [0.15, 0.2) is 77.6 Å². The van der Waals surface area contributed by atoms with Gasteiger partial charge < -0.3 is 19.7 Å². The number of rotatable bonds is 9. The molecular weight excluding hydrogens is 569 g/mol. The second-order valence-corrected chi connectivity index (χ2v) is 11.2. The van der Waals surface area contributed by atoms with Gasteiger partial charge in [0.15, 0.2) is 15.5 Å². The Bertz CT molecular complexity index is 1820. The van der Waals surface area contributed by atoms with Crippen LogP contribution in [0.3, 0.4) is 0 Å². The number of carbonyl (C=O) groups is 1. The zero-order valence-electron chi connectivity index (χ0n) is 23.7. The summed E-state index contributed by atoms with van der Waals surface area (Å²) in [6.45, 7) is 1.27. The third-order valence-electron chi connectivity index (χ3n) is 7.52. The molecule has 0 unspecified atom stereocenters. The maximum absolute atomic E-state index is 14.1. The molecule has 0 bridgehead atoms. The van der Waals surface area contributed by atoms with Crippen LogP contribution in [-0.4, -0.2) is 47.2 Å². The maximum Gasteiger partial charge on any atom is 0.281 e. The van der Waals surface area contributed by atoms with Crippen molar-refractivity contribution < 1.29 is 18.7 Å². The number of halogens is 1. The number of hydrogen-bond donors (Lipinski definition) is 1. The normalized spacial score (nSPS) is 14.7. The number of carbonyl (C=O) groups excluding carboxylic acids is 1. The number of thiazole rings is 1. The van der Waals surface area contributed by atoms with Gasteiger partial charge in [0.1, 0.15) is 29.2 Å². The minimum Gasteiger partial charge on any atom is -0.497 e. The number of ether oxygens (including phenoxy) is 2. The van der Waals surface area contributed by atoms with E-state index in [-0.39, 0.29) is 29.3 Å². The molecule has 1 N–H and O–H groups in total. The van der Waals surface area contributed by atoms with E-state index in [1.165, 1.54) is 35.1 Å². The number of amides is 1. The second-order valence-electron chi connectivity index (χ2n) is 10.2. The van der Waals surface area contributed by atoms with Gasteiger partial charge in [0.25, 0.3) is 5.56 Å². The van der Waals surface area contributed by atoms with E-state index in [1.54, 1.807) is 13.2 Å². The summed E-state index contributed by atoms with van der Waals surface area (Å²) in [6.07, 6.45) is 1.51. The number of aromatic nitrogens is 3. The van der Waals surface area contributed by atoms with Crippen molar-refractivity contribution in [1.29, 1.82) is 0 Å². The highest BCUT2D eigenvalue weighted by atomic mass is 32.1. The molecule has 0 radical (unpaired) electrons. The molecule has 2 aromatic heterocycles. The zero-order chi connectivity index (χ0) is 29.9. The van der Waals surface area contributed by atoms with Crippen LogP contribution in [0.2, 0.25) is 0 Å². The molecule has 0 saturated carbocycles. The predicted octanol–water partition coefficient (Wildman–Crippen LogP) is 5.01. The first-order chi connectivity index (χ1) is 20.9. The molecule has 43 heavy (non-hydrogen) atoms. The van der Waals surface area contributed by atoms with Crippen LogP contribution in [0.25, 0.3) is 21.7 Å². The Morgan fingerprint density at radius 3 is 2.56 bits per heavy atom. The van der Waals surface area contributed by atoms with Crippen molar-refractivity contribution >= 4 is 32.7 Å². The van der Waals surface area contributed by atoms with Gasteiger partial charge in [-0.1, -0.05) is 53.8 Å². The first-order valence-electron chi connectivity index (χ1n) is 13.9. The molecule has 3 heterocycles. The third-order valence-corrected chi connectivity index (χ3v) is 8.51. The largest absolute Gasteiger partial charge is 0.497 e. The van der Waals surface area contributed by atoms with E-state index in [0.717, 1.165) is 17.5 Å². The summed E-state index contributed by atoms with van der Waals surface area (Å²) < 4.78 is 26.4. The lowest BCUT2D eigenvalue weighted by Gasteiger charge is -2.23. The highest BCUT2D eigenvalue weighted by Gasteiger charge is 2.33. The number of hydrogen-bond acceptors (Lipinski definition) is 8. The standard InChI is InChI=1S/C32H30FN5O4S/c1-41-23-13-10-21(11-14-23)19-38-28(24-15-12-22(33)17-26(24)42-2)36-30-27(31(38)40)35-32(43-30)37-16-6-9-25(37)29(39)34-18-20-7-4-3-5-8-20/h3-5,7-8,10-15,17,25H,6,9,16,18-19H2,1-2H3,(H,34,39)/t25-/m1/s1. The fourth-order valence-corrected chi connectivity index (χ4v) is 6.31. The highest BCUT2D eigenvalue weighted by molar-refractivity contribution is 7.21. The van der Waals surface area contributed by atoms with Gasteiger partial charge in [-0.05, 0) is 48.2 Å². The van der Waals surface area contributed by atoms with Crippen molar-refractivity contribution in [1.82, 2.24) is 19.9 Å². The molecule has 6 rings (SSSR count). The first kappa shape index (κ1) is 28.4. The summed E-state index contributed by atoms with van der Waals surface area (Å²) in [5.74, 6) is 0.744. The van der Waals surface area contributed by atoms with Crippen molar-refractivity contribution in [3.8, 4) is 22.9 Å². The lowest BCUT2D eigenvalue weighted by Crippen LogP contribution is -2.43. The van der Waals surface area contributed by atoms with Crippen LogP contribution in [0, 0.1) is 5.82 Å². The summed E-state index contributed by atoms with van der Waals surface area (Å²) in [5.41, 5.74) is 2.22. The summed E-state index contributed by atoms with van der Waals surface area (Å²) in [6, 6.07) is 20.9. The lowest BCUT2D eigenvalue weighted by molar-refractivity contribution is -0.122. The molecular formula is C32H30FN5O4S. The highest BCUT2D eigenvalue weighted by Crippen LogP contribution is 2.35. The Morgan fingerprint density at radius 1 is 1.02 bits per heavy atom. The van der Waals surface area contributed by atoms with Crippen molar-refractivity contribution in [2.45, 2.75) is 32.0 Å². The van der Waals surface area contributed by atoms with E-state index < -0.39 is 11.9 Å². The molecule has 5 aromatic rings. The molecule has 0 aliphatic carbocycles. The number of benzene rings is 3. The van der Waals surface area contributed by atoms with Gasteiger partial charge in [0, 0.05) is 19.2 Å². The van der Waals surface area contributed by atoms with Gasteiger partial charge in [-0.2, -0.15) is 0 Å². The number of anilines is 1. The molecule has 1 aliphatic rings. The van der Waals surface area contributed by atoms with Gasteiger partial charge >= 0.3 is 0 Å². The third kappa shape index (κ3) is 5.80. The average Bonchev–Trinajstić information content (AvgIpc) is 3.70. The van der Waals surface area contributed by atoms with E-state index in [9.17, 15) is 14.0 Å². The predicted molar refractivity (Wildman–Crippen MR) is 164 cm³/mol. The fraction of sp³-hybridized carbons (Fsp3) is 0.250. The lowest BCUT2D eigenvalue weighted by atomic mass is 10.1. The maximum atomic E-state index is 14.1. The van der Waals surface area contributed by atoms with Crippen molar-refractivity contribution in [2.75, 3.05) is 25.7 Å². The molecule has 1 aliphatic heterocycles.